The SMILES string of the molecule is O=C(O)c1ccc(N2C(=O)[C@H]3[C@H](CC=C4[C@H]3C[C@H]3C(=O)C(c5ccccc5)=CC(=O)[C@@]3(c3ccccc3)[C@H]4c3cc(OC(F)(F)F)ccc3O)C2=O)cc1O. The number of imide groups is 1. The Bertz CT molecular complexity index is 2370. The lowest BCUT2D eigenvalue weighted by Crippen LogP contribution is -2.58. The van der Waals surface area contributed by atoms with Crippen molar-refractivity contribution < 1.29 is 57.2 Å². The zero-order valence-electron chi connectivity index (χ0n) is 28.6. The first-order valence-electron chi connectivity index (χ1n) is 17.4. The zero-order chi connectivity index (χ0) is 39.0. The van der Waals surface area contributed by atoms with Gasteiger partial charge in [-0.2, -0.15) is 0 Å². The number of halogens is 3. The maximum absolute atomic E-state index is 15.1. The molecule has 6 atom stereocenters. The van der Waals surface area contributed by atoms with Gasteiger partial charge in [-0.3, -0.25) is 19.2 Å². The van der Waals surface area contributed by atoms with Crippen LogP contribution >= 0.6 is 0 Å². The molecule has 1 saturated heterocycles. The van der Waals surface area contributed by atoms with E-state index in [1.54, 1.807) is 66.7 Å². The van der Waals surface area contributed by atoms with E-state index in [0.29, 0.717) is 16.7 Å². The highest BCUT2D eigenvalue weighted by molar-refractivity contribution is 6.32. The molecule has 0 bridgehead atoms. The number of fused-ring (bicyclic) bond motifs is 4. The summed E-state index contributed by atoms with van der Waals surface area (Å²) in [6.07, 6.45) is -2.37. The number of nitrogens with zero attached hydrogens (tertiary/aromatic N) is 1. The van der Waals surface area contributed by atoms with Crippen molar-refractivity contribution in [2.45, 2.75) is 30.5 Å². The van der Waals surface area contributed by atoms with Crippen molar-refractivity contribution in [2.24, 2.45) is 23.7 Å². The molecule has 2 fully saturated rings. The molecule has 1 heterocycles. The average molecular weight is 750 g/mol. The first kappa shape index (κ1) is 35.5. The molecule has 3 N–H and O–H groups in total. The van der Waals surface area contributed by atoms with Gasteiger partial charge in [0.1, 0.15) is 22.8 Å². The molecule has 8 rings (SSSR count). The Labute approximate surface area is 310 Å². The van der Waals surface area contributed by atoms with Gasteiger partial charge in [0.25, 0.3) is 0 Å². The van der Waals surface area contributed by atoms with Crippen LogP contribution in [0.25, 0.3) is 5.57 Å². The van der Waals surface area contributed by atoms with E-state index in [1.807, 2.05) is 0 Å². The van der Waals surface area contributed by atoms with Gasteiger partial charge in [-0.15, -0.1) is 13.2 Å². The van der Waals surface area contributed by atoms with Crippen molar-refractivity contribution in [3.63, 3.8) is 0 Å². The van der Waals surface area contributed by atoms with E-state index in [0.717, 1.165) is 35.2 Å². The van der Waals surface area contributed by atoms with E-state index in [4.69, 9.17) is 0 Å². The van der Waals surface area contributed by atoms with E-state index in [2.05, 4.69) is 4.74 Å². The summed E-state index contributed by atoms with van der Waals surface area (Å²) in [5, 5.41) is 31.4. The molecular formula is C42H30F3NO9. The van der Waals surface area contributed by atoms with Crippen molar-refractivity contribution in [2.75, 3.05) is 4.90 Å². The quantitative estimate of drug-likeness (QED) is 0.144. The number of ether oxygens (including phenoxy) is 1. The molecule has 1 aliphatic heterocycles. The lowest BCUT2D eigenvalue weighted by molar-refractivity contribution is -0.274. The average Bonchev–Trinajstić information content (AvgIpc) is 3.41. The maximum Gasteiger partial charge on any atom is 0.573 e. The molecule has 4 aromatic rings. The van der Waals surface area contributed by atoms with E-state index in [1.165, 1.54) is 12.1 Å². The first-order chi connectivity index (χ1) is 26.2. The van der Waals surface area contributed by atoms with Crippen LogP contribution in [-0.4, -0.2) is 51.0 Å². The summed E-state index contributed by atoms with van der Waals surface area (Å²) in [4.78, 5) is 71.1. The predicted octanol–water partition coefficient (Wildman–Crippen LogP) is 6.72. The van der Waals surface area contributed by atoms with E-state index in [-0.39, 0.29) is 29.7 Å². The molecule has 0 spiro atoms. The Hall–Kier alpha value is -6.50. The predicted molar refractivity (Wildman–Crippen MR) is 189 cm³/mol. The molecule has 10 nitrogen and oxygen atoms in total. The third-order valence-corrected chi connectivity index (χ3v) is 11.4. The molecule has 55 heavy (non-hydrogen) atoms. The highest BCUT2D eigenvalue weighted by Gasteiger charge is 2.66. The number of carboxylic acid groups (broad SMARTS) is 1. The number of Topliss-reactive ketones (excluding diaryl/α,β-unsaturated/α-hetero) is 1. The van der Waals surface area contributed by atoms with Gasteiger partial charge in [0.05, 0.1) is 22.9 Å². The number of phenols is 2. The second kappa shape index (κ2) is 12.8. The van der Waals surface area contributed by atoms with Gasteiger partial charge in [0.15, 0.2) is 11.6 Å². The van der Waals surface area contributed by atoms with Gasteiger partial charge in [-0.25, -0.2) is 9.69 Å². The molecule has 278 valence electrons. The minimum Gasteiger partial charge on any atom is -0.508 e. The van der Waals surface area contributed by atoms with Crippen LogP contribution in [0.1, 0.15) is 45.8 Å². The van der Waals surface area contributed by atoms with Crippen LogP contribution in [0.5, 0.6) is 17.2 Å². The summed E-state index contributed by atoms with van der Waals surface area (Å²) in [5.41, 5.74) is -1.21. The summed E-state index contributed by atoms with van der Waals surface area (Å²) in [6, 6.07) is 23.0. The molecule has 4 aromatic carbocycles. The molecule has 0 radical (unpaired) electrons. The summed E-state index contributed by atoms with van der Waals surface area (Å²) in [5.74, 6) is -11.2. The van der Waals surface area contributed by atoms with Crippen LogP contribution in [0.3, 0.4) is 0 Å². The van der Waals surface area contributed by atoms with Crippen LogP contribution in [0.4, 0.5) is 18.9 Å². The Balaban J connectivity index is 1.35. The number of anilines is 1. The highest BCUT2D eigenvalue weighted by Crippen LogP contribution is 2.64. The second-order valence-electron chi connectivity index (χ2n) is 14.1. The third kappa shape index (κ3) is 5.52. The number of carbonyl (C=O) groups excluding carboxylic acids is 4. The topological polar surface area (TPSA) is 159 Å². The number of phenolic OH excluding ortho intramolecular Hbond substituents is 1. The molecule has 4 aliphatic rings. The van der Waals surface area contributed by atoms with E-state index in [9.17, 15) is 42.9 Å². The number of ketones is 2. The number of carbonyl (C=O) groups is 5. The van der Waals surface area contributed by atoms with Gasteiger partial charge in [-0.05, 0) is 66.3 Å². The van der Waals surface area contributed by atoms with Crippen LogP contribution < -0.4 is 9.64 Å². The number of alkyl halides is 3. The summed E-state index contributed by atoms with van der Waals surface area (Å²) >= 11 is 0. The smallest absolute Gasteiger partial charge is 0.508 e. The molecule has 0 unspecified atom stereocenters. The third-order valence-electron chi connectivity index (χ3n) is 11.4. The first-order valence-corrected chi connectivity index (χ1v) is 17.4. The van der Waals surface area contributed by atoms with E-state index >= 15 is 9.59 Å². The van der Waals surface area contributed by atoms with Gasteiger partial charge >= 0.3 is 12.3 Å². The lowest BCUT2D eigenvalue weighted by atomic mass is 9.44. The molecule has 1 saturated carbocycles. The Morgan fingerprint density at radius 2 is 1.51 bits per heavy atom. The summed E-state index contributed by atoms with van der Waals surface area (Å²) in [6.45, 7) is 0. The fraction of sp³-hybridized carbons (Fsp3) is 0.214. The Morgan fingerprint density at radius 1 is 0.818 bits per heavy atom. The van der Waals surface area contributed by atoms with Crippen molar-refractivity contribution in [3.8, 4) is 17.2 Å². The van der Waals surface area contributed by atoms with Crippen molar-refractivity contribution in [3.05, 3.63) is 137 Å². The zero-order valence-corrected chi connectivity index (χ0v) is 28.6. The normalized spacial score (nSPS) is 26.1. The summed E-state index contributed by atoms with van der Waals surface area (Å²) < 4.78 is 45.0. The molecule has 13 heteroatoms. The molecule has 0 aromatic heterocycles. The number of allylic oxidation sites excluding steroid dienone is 4. The maximum atomic E-state index is 15.1. The number of hydrogen-bond acceptors (Lipinski definition) is 8. The van der Waals surface area contributed by atoms with Crippen LogP contribution in [0.15, 0.2) is 115 Å². The number of benzene rings is 4. The minimum absolute atomic E-state index is 0.0461. The fourth-order valence-electron chi connectivity index (χ4n) is 9.27. The van der Waals surface area contributed by atoms with Gasteiger partial charge < -0.3 is 20.1 Å². The van der Waals surface area contributed by atoms with Crippen LogP contribution in [0.2, 0.25) is 0 Å². The number of amides is 2. The van der Waals surface area contributed by atoms with Crippen molar-refractivity contribution >= 4 is 40.6 Å². The second-order valence-corrected chi connectivity index (χ2v) is 14.1. The van der Waals surface area contributed by atoms with Gasteiger partial charge in [0.2, 0.25) is 11.8 Å². The van der Waals surface area contributed by atoms with Gasteiger partial charge in [-0.1, -0.05) is 72.3 Å². The van der Waals surface area contributed by atoms with Gasteiger partial charge in [0, 0.05) is 29.0 Å². The van der Waals surface area contributed by atoms with Crippen molar-refractivity contribution in [1.29, 1.82) is 0 Å². The van der Waals surface area contributed by atoms with Crippen molar-refractivity contribution in [1.82, 2.24) is 0 Å². The monoisotopic (exact) mass is 749 g/mol. The lowest BCUT2D eigenvalue weighted by Gasteiger charge is -2.55. The van der Waals surface area contributed by atoms with Crippen LogP contribution in [0, 0.1) is 23.7 Å². The minimum atomic E-state index is -5.11. The Kier molecular flexibility index (Phi) is 8.28. The molecule has 3 aliphatic carbocycles. The number of hydrogen-bond donors (Lipinski definition) is 3. The molecule has 2 amide bonds. The van der Waals surface area contributed by atoms with E-state index < -0.39 is 93.5 Å². The fourth-order valence-corrected chi connectivity index (χ4v) is 9.27. The number of aromatic carboxylic acids is 1. The number of rotatable bonds is 6. The molecular weight excluding hydrogens is 719 g/mol. The summed E-state index contributed by atoms with van der Waals surface area (Å²) in [7, 11) is 0. The Morgan fingerprint density at radius 3 is 2.16 bits per heavy atom. The van der Waals surface area contributed by atoms with Crippen LogP contribution in [-0.2, 0) is 24.6 Å². The largest absolute Gasteiger partial charge is 0.573 e. The number of aromatic hydroxyl groups is 2. The highest BCUT2D eigenvalue weighted by atomic mass is 19.4. The standard InChI is InChI=1S/C42H30F3NO9/c43-42(44,45)55-24-12-16-32(47)30(18-24)36-25-14-15-27-35(39(52)46(38(27)51)23-11-13-26(40(53)54)33(48)17-23)29(25)19-31-37(50)28(21-7-3-1-4-8-21)20-34(49)41(31,36)22-9-5-2-6-10-22/h1-14,16-18,20,27,29,31,35-36,47-48H,15,19H2,(H,53,54)/t27-,29+,31-,35-,36+,41-/m0/s1. The number of carboxylic acids is 1.